The van der Waals surface area contributed by atoms with Gasteiger partial charge >= 0.3 is 0 Å². The first-order chi connectivity index (χ1) is 4.34. The first-order valence-electron chi connectivity index (χ1n) is 2.63. The van der Waals surface area contributed by atoms with Crippen LogP contribution in [0.4, 0.5) is 0 Å². The number of aromatic nitrogens is 2. The second kappa shape index (κ2) is 2.69. The lowest BCUT2D eigenvalue weighted by Crippen LogP contribution is -1.95. The SMILES string of the molecule is C=CCn1nccc1Cl. The average molecular weight is 143 g/mol. The molecule has 0 atom stereocenters. The number of rotatable bonds is 2. The van der Waals surface area contributed by atoms with Gasteiger partial charge in [-0.15, -0.1) is 6.58 Å². The fraction of sp³-hybridized carbons (Fsp3) is 0.167. The van der Waals surface area contributed by atoms with Crippen molar-refractivity contribution in [3.63, 3.8) is 0 Å². The van der Waals surface area contributed by atoms with Gasteiger partial charge < -0.3 is 0 Å². The maximum atomic E-state index is 5.67. The molecule has 0 aliphatic carbocycles. The zero-order valence-corrected chi connectivity index (χ0v) is 5.67. The molecule has 0 radical (unpaired) electrons. The van der Waals surface area contributed by atoms with Crippen molar-refractivity contribution in [1.29, 1.82) is 0 Å². The molecule has 0 aliphatic rings. The van der Waals surface area contributed by atoms with Crippen LogP contribution in [0.1, 0.15) is 0 Å². The third-order valence-corrected chi connectivity index (χ3v) is 1.29. The molecule has 0 N–H and O–H groups in total. The molecule has 0 saturated heterocycles. The lowest BCUT2D eigenvalue weighted by atomic mass is 10.6. The Bertz CT molecular complexity index is 205. The van der Waals surface area contributed by atoms with Crippen molar-refractivity contribution in [2.75, 3.05) is 0 Å². The van der Waals surface area contributed by atoms with E-state index in [4.69, 9.17) is 11.6 Å². The Hall–Kier alpha value is -0.760. The number of halogens is 1. The van der Waals surface area contributed by atoms with E-state index in [1.54, 1.807) is 23.0 Å². The quantitative estimate of drug-likeness (QED) is 0.575. The Morgan fingerprint density at radius 3 is 3.11 bits per heavy atom. The lowest BCUT2D eigenvalue weighted by Gasteiger charge is -1.94. The van der Waals surface area contributed by atoms with E-state index in [0.717, 1.165) is 0 Å². The first-order valence-corrected chi connectivity index (χ1v) is 3.00. The summed E-state index contributed by atoms with van der Waals surface area (Å²) in [7, 11) is 0. The molecule has 0 bridgehead atoms. The molecule has 1 heterocycles. The van der Waals surface area contributed by atoms with Gasteiger partial charge in [0.25, 0.3) is 0 Å². The third-order valence-electron chi connectivity index (χ3n) is 0.967. The summed E-state index contributed by atoms with van der Waals surface area (Å²) in [6.07, 6.45) is 3.41. The highest BCUT2D eigenvalue weighted by atomic mass is 35.5. The summed E-state index contributed by atoms with van der Waals surface area (Å²) in [6, 6.07) is 1.74. The second-order valence-electron chi connectivity index (χ2n) is 1.62. The zero-order valence-electron chi connectivity index (χ0n) is 4.92. The Morgan fingerprint density at radius 2 is 2.67 bits per heavy atom. The smallest absolute Gasteiger partial charge is 0.127 e. The van der Waals surface area contributed by atoms with Crippen molar-refractivity contribution in [1.82, 2.24) is 9.78 Å². The predicted molar refractivity (Wildman–Crippen MR) is 37.4 cm³/mol. The van der Waals surface area contributed by atoms with Crippen molar-refractivity contribution >= 4 is 11.6 Å². The molecule has 0 aromatic carbocycles. The van der Waals surface area contributed by atoms with Gasteiger partial charge in [0.1, 0.15) is 5.15 Å². The summed E-state index contributed by atoms with van der Waals surface area (Å²) in [5, 5.41) is 4.57. The monoisotopic (exact) mass is 142 g/mol. The predicted octanol–water partition coefficient (Wildman–Crippen LogP) is 1.72. The molecule has 2 nitrogen and oxygen atoms in total. The standard InChI is InChI=1S/C6H7ClN2/c1-2-5-9-6(7)3-4-8-9/h2-4H,1,5H2. The van der Waals surface area contributed by atoms with Gasteiger partial charge in [-0.3, -0.25) is 4.68 Å². The summed E-state index contributed by atoms with van der Waals surface area (Å²) in [6.45, 7) is 4.23. The molecule has 1 aromatic rings. The van der Waals surface area contributed by atoms with E-state index in [-0.39, 0.29) is 0 Å². The maximum absolute atomic E-state index is 5.67. The molecule has 9 heavy (non-hydrogen) atoms. The largest absolute Gasteiger partial charge is 0.250 e. The lowest BCUT2D eigenvalue weighted by molar-refractivity contribution is 0.704. The van der Waals surface area contributed by atoms with Crippen LogP contribution in [0.3, 0.4) is 0 Å². The number of hydrogen-bond acceptors (Lipinski definition) is 1. The van der Waals surface area contributed by atoms with Crippen molar-refractivity contribution in [3.8, 4) is 0 Å². The summed E-state index contributed by atoms with van der Waals surface area (Å²) in [5.41, 5.74) is 0. The van der Waals surface area contributed by atoms with Gasteiger partial charge in [0, 0.05) is 0 Å². The highest BCUT2D eigenvalue weighted by Gasteiger charge is 1.92. The molecule has 3 heteroatoms. The molecule has 0 saturated carbocycles. The first kappa shape index (κ1) is 6.36. The van der Waals surface area contributed by atoms with E-state index < -0.39 is 0 Å². The summed E-state index contributed by atoms with van der Waals surface area (Å²) in [5.74, 6) is 0. The minimum Gasteiger partial charge on any atom is -0.250 e. The molecular formula is C6H7ClN2. The summed E-state index contributed by atoms with van der Waals surface area (Å²) >= 11 is 5.67. The number of hydrogen-bond donors (Lipinski definition) is 0. The van der Waals surface area contributed by atoms with Crippen LogP contribution in [0.2, 0.25) is 5.15 Å². The number of nitrogens with zero attached hydrogens (tertiary/aromatic N) is 2. The third kappa shape index (κ3) is 1.33. The van der Waals surface area contributed by atoms with Crippen molar-refractivity contribution in [2.24, 2.45) is 0 Å². The maximum Gasteiger partial charge on any atom is 0.127 e. The van der Waals surface area contributed by atoms with Crippen LogP contribution in [0.25, 0.3) is 0 Å². The van der Waals surface area contributed by atoms with E-state index in [0.29, 0.717) is 11.7 Å². The Morgan fingerprint density at radius 1 is 1.89 bits per heavy atom. The van der Waals surface area contributed by atoms with E-state index in [1.807, 2.05) is 0 Å². The van der Waals surface area contributed by atoms with E-state index in [1.165, 1.54) is 0 Å². The van der Waals surface area contributed by atoms with Crippen LogP contribution in [-0.4, -0.2) is 9.78 Å². The molecule has 0 fully saturated rings. The Labute approximate surface area is 58.7 Å². The average Bonchev–Trinajstić information content (AvgIpc) is 2.18. The van der Waals surface area contributed by atoms with Crippen molar-refractivity contribution in [3.05, 3.63) is 30.1 Å². The number of allylic oxidation sites excluding steroid dienone is 1. The van der Waals surface area contributed by atoms with Gasteiger partial charge in [-0.25, -0.2) is 0 Å². The fourth-order valence-corrected chi connectivity index (χ4v) is 0.742. The highest BCUT2D eigenvalue weighted by Crippen LogP contribution is 2.04. The van der Waals surface area contributed by atoms with E-state index in [2.05, 4.69) is 11.7 Å². The summed E-state index contributed by atoms with van der Waals surface area (Å²) < 4.78 is 1.66. The summed E-state index contributed by atoms with van der Waals surface area (Å²) in [4.78, 5) is 0. The van der Waals surface area contributed by atoms with Crippen LogP contribution in [0.15, 0.2) is 24.9 Å². The van der Waals surface area contributed by atoms with Gasteiger partial charge in [-0.2, -0.15) is 5.10 Å². The fourth-order valence-electron chi connectivity index (χ4n) is 0.573. The molecule has 0 spiro atoms. The van der Waals surface area contributed by atoms with Crippen LogP contribution in [-0.2, 0) is 6.54 Å². The molecule has 0 aliphatic heterocycles. The normalized spacial score (nSPS) is 9.44. The molecule has 48 valence electrons. The van der Waals surface area contributed by atoms with Crippen LogP contribution in [0, 0.1) is 0 Å². The van der Waals surface area contributed by atoms with Gasteiger partial charge in [-0.05, 0) is 6.07 Å². The van der Waals surface area contributed by atoms with E-state index in [9.17, 15) is 0 Å². The zero-order chi connectivity index (χ0) is 6.69. The van der Waals surface area contributed by atoms with E-state index >= 15 is 0 Å². The van der Waals surface area contributed by atoms with Crippen molar-refractivity contribution in [2.45, 2.75) is 6.54 Å². The van der Waals surface area contributed by atoms with Crippen LogP contribution < -0.4 is 0 Å². The van der Waals surface area contributed by atoms with Gasteiger partial charge in [0.2, 0.25) is 0 Å². The molecule has 0 amide bonds. The second-order valence-corrected chi connectivity index (χ2v) is 2.01. The minimum absolute atomic E-state index is 0.648. The Balaban J connectivity index is 2.80. The van der Waals surface area contributed by atoms with Crippen LogP contribution in [0.5, 0.6) is 0 Å². The topological polar surface area (TPSA) is 17.8 Å². The Kier molecular flexibility index (Phi) is 1.90. The molecule has 1 rings (SSSR count). The molecular weight excluding hydrogens is 136 g/mol. The van der Waals surface area contributed by atoms with Gasteiger partial charge in [-0.1, -0.05) is 17.7 Å². The van der Waals surface area contributed by atoms with Gasteiger partial charge in [0.15, 0.2) is 0 Å². The van der Waals surface area contributed by atoms with Gasteiger partial charge in [0.05, 0.1) is 12.7 Å². The van der Waals surface area contributed by atoms with Crippen molar-refractivity contribution < 1.29 is 0 Å². The highest BCUT2D eigenvalue weighted by molar-refractivity contribution is 6.29. The van der Waals surface area contributed by atoms with Crippen LogP contribution >= 0.6 is 11.6 Å². The molecule has 1 aromatic heterocycles. The molecule has 0 unspecified atom stereocenters. The minimum atomic E-state index is 0.648.